The number of nitrogens with zero attached hydrogens (tertiary/aromatic N) is 1. The highest BCUT2D eigenvalue weighted by atomic mass is 32.1. The van der Waals surface area contributed by atoms with Crippen molar-refractivity contribution in [1.82, 2.24) is 4.90 Å². The predicted molar refractivity (Wildman–Crippen MR) is 92.7 cm³/mol. The maximum Gasteiger partial charge on any atom is 0.219 e. The molecule has 3 rings (SSSR count). The van der Waals surface area contributed by atoms with Gasteiger partial charge in [-0.1, -0.05) is 18.7 Å². The number of benzene rings is 1. The van der Waals surface area contributed by atoms with Crippen molar-refractivity contribution in [3.8, 4) is 10.4 Å². The summed E-state index contributed by atoms with van der Waals surface area (Å²) in [6, 6.07) is 10.1. The van der Waals surface area contributed by atoms with Gasteiger partial charge in [-0.15, -0.1) is 11.3 Å². The molecule has 1 aliphatic heterocycles. The number of nitrogens with one attached hydrogen (secondary N) is 1. The Kier molecular flexibility index (Phi) is 3.90. The van der Waals surface area contributed by atoms with Crippen LogP contribution in [0.3, 0.4) is 0 Å². The summed E-state index contributed by atoms with van der Waals surface area (Å²) >= 11 is 1.70. The lowest BCUT2D eigenvalue weighted by Gasteiger charge is -2.40. The first-order valence-electron chi connectivity index (χ1n) is 7.19. The standard InChI is InChI=1S/C17H19N3OS/c1-11(14-9-20(10-14)12(2)21)19-16-8-13(5-6-15(16)18)17-4-3-7-22-17/h3-8,14,19H,1,9-10,18H2,2H3. The van der Waals surface area contributed by atoms with Crippen molar-refractivity contribution in [2.75, 3.05) is 24.1 Å². The number of hydrogen-bond acceptors (Lipinski definition) is 4. The first kappa shape index (κ1) is 14.7. The number of rotatable bonds is 4. The highest BCUT2D eigenvalue weighted by molar-refractivity contribution is 7.13. The molecule has 4 nitrogen and oxygen atoms in total. The van der Waals surface area contributed by atoms with E-state index in [0.717, 1.165) is 30.0 Å². The minimum Gasteiger partial charge on any atom is -0.397 e. The van der Waals surface area contributed by atoms with Crippen LogP contribution in [0.25, 0.3) is 10.4 Å². The van der Waals surface area contributed by atoms with E-state index in [0.29, 0.717) is 5.69 Å². The summed E-state index contributed by atoms with van der Waals surface area (Å²) in [7, 11) is 0. The summed E-state index contributed by atoms with van der Waals surface area (Å²) in [5.41, 5.74) is 9.68. The van der Waals surface area contributed by atoms with E-state index in [1.807, 2.05) is 29.2 Å². The molecule has 0 saturated carbocycles. The molecule has 0 atom stereocenters. The SMILES string of the molecule is C=C(Nc1cc(-c2cccs2)ccc1N)C1CN(C(C)=O)C1. The van der Waals surface area contributed by atoms with Gasteiger partial charge in [0, 0.05) is 36.5 Å². The second-order valence-electron chi connectivity index (χ2n) is 5.55. The molecule has 1 aromatic heterocycles. The van der Waals surface area contributed by atoms with E-state index in [2.05, 4.69) is 23.3 Å². The van der Waals surface area contributed by atoms with Crippen LogP contribution in [0.2, 0.25) is 0 Å². The largest absolute Gasteiger partial charge is 0.397 e. The van der Waals surface area contributed by atoms with E-state index in [4.69, 9.17) is 5.73 Å². The third-order valence-electron chi connectivity index (χ3n) is 3.97. The zero-order chi connectivity index (χ0) is 15.7. The number of carbonyl (C=O) groups excluding carboxylic acids is 1. The van der Waals surface area contributed by atoms with Gasteiger partial charge in [-0.05, 0) is 29.1 Å². The number of nitrogens with two attached hydrogens (primary N) is 1. The molecule has 3 N–H and O–H groups in total. The number of nitrogen functional groups attached to an aromatic ring is 1. The Labute approximate surface area is 134 Å². The van der Waals surface area contributed by atoms with Crippen LogP contribution in [0.4, 0.5) is 11.4 Å². The third-order valence-corrected chi connectivity index (χ3v) is 4.89. The molecule has 5 heteroatoms. The van der Waals surface area contributed by atoms with Crippen LogP contribution in [0.5, 0.6) is 0 Å². The minimum atomic E-state index is 0.114. The van der Waals surface area contributed by atoms with Gasteiger partial charge >= 0.3 is 0 Å². The van der Waals surface area contributed by atoms with Gasteiger partial charge in [-0.2, -0.15) is 0 Å². The van der Waals surface area contributed by atoms with E-state index < -0.39 is 0 Å². The molecule has 1 saturated heterocycles. The summed E-state index contributed by atoms with van der Waals surface area (Å²) in [5, 5.41) is 5.38. The number of amides is 1. The van der Waals surface area contributed by atoms with Gasteiger partial charge < -0.3 is 16.0 Å². The number of likely N-dealkylation sites (tertiary alicyclic amines) is 1. The van der Waals surface area contributed by atoms with Crippen molar-refractivity contribution >= 4 is 28.6 Å². The first-order valence-corrected chi connectivity index (χ1v) is 8.07. The van der Waals surface area contributed by atoms with Crippen molar-refractivity contribution in [3.05, 3.63) is 48.0 Å². The first-order chi connectivity index (χ1) is 10.5. The van der Waals surface area contributed by atoms with Gasteiger partial charge in [0.25, 0.3) is 0 Å². The quantitative estimate of drug-likeness (QED) is 0.851. The average molecular weight is 313 g/mol. The van der Waals surface area contributed by atoms with E-state index >= 15 is 0 Å². The summed E-state index contributed by atoms with van der Waals surface area (Å²) < 4.78 is 0. The van der Waals surface area contributed by atoms with Gasteiger partial charge in [0.1, 0.15) is 0 Å². The monoisotopic (exact) mass is 313 g/mol. The maximum absolute atomic E-state index is 11.2. The highest BCUT2D eigenvalue weighted by Gasteiger charge is 2.30. The summed E-state index contributed by atoms with van der Waals surface area (Å²) in [4.78, 5) is 14.3. The van der Waals surface area contributed by atoms with Gasteiger partial charge in [0.2, 0.25) is 5.91 Å². The average Bonchev–Trinajstić information content (AvgIpc) is 2.93. The minimum absolute atomic E-state index is 0.114. The van der Waals surface area contributed by atoms with Crippen LogP contribution in [-0.4, -0.2) is 23.9 Å². The van der Waals surface area contributed by atoms with Crippen LogP contribution < -0.4 is 11.1 Å². The van der Waals surface area contributed by atoms with Gasteiger partial charge in [0.05, 0.1) is 11.4 Å². The molecule has 0 aliphatic carbocycles. The zero-order valence-electron chi connectivity index (χ0n) is 12.5. The van der Waals surface area contributed by atoms with Gasteiger partial charge in [-0.25, -0.2) is 0 Å². The lowest BCUT2D eigenvalue weighted by Crippen LogP contribution is -2.50. The molecule has 1 aromatic carbocycles. The number of anilines is 2. The molecule has 1 aliphatic rings. The van der Waals surface area contributed by atoms with Gasteiger partial charge in [0.15, 0.2) is 0 Å². The lowest BCUT2D eigenvalue weighted by atomic mass is 9.96. The second-order valence-corrected chi connectivity index (χ2v) is 6.50. The molecule has 22 heavy (non-hydrogen) atoms. The number of thiophene rings is 1. The third kappa shape index (κ3) is 2.85. The van der Waals surface area contributed by atoms with Crippen LogP contribution in [0.1, 0.15) is 6.92 Å². The van der Waals surface area contributed by atoms with Crippen LogP contribution in [-0.2, 0) is 4.79 Å². The highest BCUT2D eigenvalue weighted by Crippen LogP contribution is 2.32. The smallest absolute Gasteiger partial charge is 0.219 e. The number of carbonyl (C=O) groups is 1. The fourth-order valence-corrected chi connectivity index (χ4v) is 3.22. The maximum atomic E-state index is 11.2. The molecule has 2 heterocycles. The van der Waals surface area contributed by atoms with Crippen molar-refractivity contribution in [2.24, 2.45) is 5.92 Å². The van der Waals surface area contributed by atoms with Crippen molar-refractivity contribution in [1.29, 1.82) is 0 Å². The van der Waals surface area contributed by atoms with Gasteiger partial charge in [-0.3, -0.25) is 4.79 Å². The zero-order valence-corrected chi connectivity index (χ0v) is 13.3. The van der Waals surface area contributed by atoms with Crippen molar-refractivity contribution in [3.63, 3.8) is 0 Å². The van der Waals surface area contributed by atoms with Crippen LogP contribution in [0.15, 0.2) is 48.0 Å². The fraction of sp³-hybridized carbons (Fsp3) is 0.235. The lowest BCUT2D eigenvalue weighted by molar-refractivity contribution is -0.134. The molecule has 0 spiro atoms. The molecular formula is C17H19N3OS. The molecule has 0 bridgehead atoms. The summed E-state index contributed by atoms with van der Waals surface area (Å²) in [6.45, 7) is 7.15. The molecule has 1 amide bonds. The Morgan fingerprint density at radius 2 is 2.18 bits per heavy atom. The number of hydrogen-bond donors (Lipinski definition) is 2. The molecule has 1 fully saturated rings. The van der Waals surface area contributed by atoms with Crippen LogP contribution >= 0.6 is 11.3 Å². The molecule has 0 unspecified atom stereocenters. The normalized spacial score (nSPS) is 14.5. The Balaban J connectivity index is 1.71. The topological polar surface area (TPSA) is 58.4 Å². The van der Waals surface area contributed by atoms with E-state index in [1.54, 1.807) is 18.3 Å². The van der Waals surface area contributed by atoms with Crippen LogP contribution in [0, 0.1) is 5.92 Å². The summed E-state index contributed by atoms with van der Waals surface area (Å²) in [6.07, 6.45) is 0. The fourth-order valence-electron chi connectivity index (χ4n) is 2.49. The molecule has 114 valence electrons. The Morgan fingerprint density at radius 3 is 2.82 bits per heavy atom. The van der Waals surface area contributed by atoms with E-state index in [-0.39, 0.29) is 11.8 Å². The predicted octanol–water partition coefficient (Wildman–Crippen LogP) is 3.40. The Hall–Kier alpha value is -2.27. The Bertz CT molecular complexity index is 703. The molecular weight excluding hydrogens is 294 g/mol. The molecule has 0 radical (unpaired) electrons. The molecule has 2 aromatic rings. The summed E-state index contributed by atoms with van der Waals surface area (Å²) in [5.74, 6) is 0.400. The second kappa shape index (κ2) is 5.85. The Morgan fingerprint density at radius 1 is 1.41 bits per heavy atom. The van der Waals surface area contributed by atoms with E-state index in [1.165, 1.54) is 4.88 Å². The van der Waals surface area contributed by atoms with Crippen molar-refractivity contribution in [2.45, 2.75) is 6.92 Å². The van der Waals surface area contributed by atoms with Crippen molar-refractivity contribution < 1.29 is 4.79 Å². The van der Waals surface area contributed by atoms with E-state index in [9.17, 15) is 4.79 Å².